The predicted octanol–water partition coefficient (Wildman–Crippen LogP) is 8.09. The summed E-state index contributed by atoms with van der Waals surface area (Å²) in [7, 11) is 0. The van der Waals surface area contributed by atoms with Gasteiger partial charge in [-0.2, -0.15) is 0 Å². The number of aromatic nitrogens is 3. The maximum atomic E-state index is 13.5. The molecular formula is C34H37N3O3S. The minimum absolute atomic E-state index is 0.0978. The van der Waals surface area contributed by atoms with Gasteiger partial charge in [0.25, 0.3) is 0 Å². The second kappa shape index (κ2) is 12.0. The van der Waals surface area contributed by atoms with Gasteiger partial charge in [0.15, 0.2) is 0 Å². The number of H-pyrrole nitrogens is 1. The van der Waals surface area contributed by atoms with Crippen molar-refractivity contribution in [2.45, 2.75) is 70.1 Å². The first-order valence-corrected chi connectivity index (χ1v) is 14.8. The van der Waals surface area contributed by atoms with Gasteiger partial charge in [-0.1, -0.05) is 51.1 Å². The molecule has 3 heterocycles. The molecule has 0 spiro atoms. The Labute approximate surface area is 245 Å². The molecule has 0 bridgehead atoms. The number of pyridine rings is 2. The molecule has 212 valence electrons. The zero-order chi connectivity index (χ0) is 29.1. The van der Waals surface area contributed by atoms with Crippen LogP contribution >= 0.6 is 11.8 Å². The Kier molecular flexibility index (Phi) is 8.36. The van der Waals surface area contributed by atoms with Gasteiger partial charge in [-0.05, 0) is 56.7 Å². The number of ether oxygens (including phenoxy) is 2. The standard InChI is InChI=1S/C34H37N3O3S/c1-7-39-33(38)26(18-24-15-13-23-10-8-9-11-27(23)36-24)31-32(41-34(4,5)6)30-22(3)29(17-16-28(30)37-31)40-20-25-14-12-21(2)19-35-25/h8-17,19,26,37H,7,18,20H2,1-6H3. The van der Waals surface area contributed by atoms with E-state index in [1.807, 2.05) is 74.6 Å². The highest BCUT2D eigenvalue weighted by Crippen LogP contribution is 2.45. The topological polar surface area (TPSA) is 77.1 Å². The largest absolute Gasteiger partial charge is 0.487 e. The summed E-state index contributed by atoms with van der Waals surface area (Å²) in [6, 6.07) is 20.1. The first-order valence-electron chi connectivity index (χ1n) is 14.0. The lowest BCUT2D eigenvalue weighted by Gasteiger charge is -2.22. The van der Waals surface area contributed by atoms with Crippen LogP contribution in [-0.2, 0) is 22.6 Å². The number of benzene rings is 2. The van der Waals surface area contributed by atoms with E-state index in [1.165, 1.54) is 0 Å². The number of para-hydroxylation sites is 1. The van der Waals surface area contributed by atoms with Crippen LogP contribution in [0.1, 0.15) is 61.8 Å². The number of carbonyl (C=O) groups excluding carboxylic acids is 1. The number of fused-ring (bicyclic) bond motifs is 2. The zero-order valence-electron chi connectivity index (χ0n) is 24.6. The number of nitrogens with one attached hydrogen (secondary N) is 1. The molecule has 1 N–H and O–H groups in total. The number of carbonyl (C=O) groups is 1. The van der Waals surface area contributed by atoms with E-state index in [0.29, 0.717) is 19.6 Å². The third-order valence-electron chi connectivity index (χ3n) is 6.90. The molecule has 2 aromatic carbocycles. The van der Waals surface area contributed by atoms with Crippen LogP contribution in [0.25, 0.3) is 21.8 Å². The molecule has 0 fully saturated rings. The number of thioether (sulfide) groups is 1. The second-order valence-corrected chi connectivity index (χ2v) is 13.2. The molecule has 41 heavy (non-hydrogen) atoms. The summed E-state index contributed by atoms with van der Waals surface area (Å²) in [5.74, 6) is -0.00389. The van der Waals surface area contributed by atoms with Crippen LogP contribution in [0.4, 0.5) is 0 Å². The highest BCUT2D eigenvalue weighted by Gasteiger charge is 2.31. The molecule has 5 rings (SSSR count). The van der Waals surface area contributed by atoms with Gasteiger partial charge in [0.05, 0.1) is 17.8 Å². The summed E-state index contributed by atoms with van der Waals surface area (Å²) in [6.07, 6.45) is 2.28. The van der Waals surface area contributed by atoms with Crippen LogP contribution in [0.5, 0.6) is 5.75 Å². The molecule has 0 aliphatic carbocycles. The lowest BCUT2D eigenvalue weighted by molar-refractivity contribution is -0.145. The van der Waals surface area contributed by atoms with Crippen LogP contribution in [0.15, 0.2) is 71.8 Å². The molecule has 0 radical (unpaired) electrons. The molecule has 1 unspecified atom stereocenters. The minimum Gasteiger partial charge on any atom is -0.487 e. The number of aromatic amines is 1. The normalized spacial score (nSPS) is 12.5. The van der Waals surface area contributed by atoms with E-state index in [4.69, 9.17) is 14.5 Å². The molecule has 0 aliphatic rings. The number of hydrogen-bond donors (Lipinski definition) is 1. The van der Waals surface area contributed by atoms with E-state index < -0.39 is 5.92 Å². The summed E-state index contributed by atoms with van der Waals surface area (Å²) < 4.78 is 11.8. The number of hydrogen-bond acceptors (Lipinski definition) is 6. The van der Waals surface area contributed by atoms with Gasteiger partial charge in [0.1, 0.15) is 18.3 Å². The quantitative estimate of drug-likeness (QED) is 0.143. The number of nitrogens with zero attached hydrogens (tertiary/aromatic N) is 2. The summed E-state index contributed by atoms with van der Waals surface area (Å²) in [6.45, 7) is 13.2. The summed E-state index contributed by atoms with van der Waals surface area (Å²) >= 11 is 1.75. The van der Waals surface area contributed by atoms with Crippen LogP contribution in [0.2, 0.25) is 0 Å². The van der Waals surface area contributed by atoms with Crippen molar-refractivity contribution >= 4 is 39.5 Å². The van der Waals surface area contributed by atoms with Crippen LogP contribution in [-0.4, -0.2) is 32.3 Å². The van der Waals surface area contributed by atoms with Crippen molar-refractivity contribution in [3.63, 3.8) is 0 Å². The molecule has 6 nitrogen and oxygen atoms in total. The molecule has 3 aromatic heterocycles. The Hall–Kier alpha value is -3.84. The second-order valence-electron chi connectivity index (χ2n) is 11.3. The number of esters is 1. The lowest BCUT2D eigenvalue weighted by Crippen LogP contribution is -2.20. The average Bonchev–Trinajstić information content (AvgIpc) is 3.29. The van der Waals surface area contributed by atoms with Gasteiger partial charge >= 0.3 is 5.97 Å². The van der Waals surface area contributed by atoms with Crippen LogP contribution in [0, 0.1) is 13.8 Å². The number of aryl methyl sites for hydroxylation is 2. The van der Waals surface area contributed by atoms with Gasteiger partial charge < -0.3 is 14.5 Å². The molecular weight excluding hydrogens is 530 g/mol. The monoisotopic (exact) mass is 567 g/mol. The van der Waals surface area contributed by atoms with E-state index >= 15 is 0 Å². The third-order valence-corrected chi connectivity index (χ3v) is 8.14. The highest BCUT2D eigenvalue weighted by atomic mass is 32.2. The lowest BCUT2D eigenvalue weighted by atomic mass is 9.98. The van der Waals surface area contributed by atoms with Gasteiger partial charge in [-0.25, -0.2) is 0 Å². The summed E-state index contributed by atoms with van der Waals surface area (Å²) in [4.78, 5) is 27.5. The molecule has 0 saturated heterocycles. The van der Waals surface area contributed by atoms with Gasteiger partial charge in [0.2, 0.25) is 0 Å². The first kappa shape index (κ1) is 28.7. The summed E-state index contributed by atoms with van der Waals surface area (Å²) in [5.41, 5.74) is 6.59. The Morgan fingerprint density at radius 2 is 1.78 bits per heavy atom. The molecule has 0 amide bonds. The van der Waals surface area contributed by atoms with Gasteiger partial charge in [-0.3, -0.25) is 14.8 Å². The number of rotatable bonds is 9. The van der Waals surface area contributed by atoms with Crippen molar-refractivity contribution in [1.29, 1.82) is 0 Å². The molecule has 0 saturated carbocycles. The Morgan fingerprint density at radius 3 is 2.51 bits per heavy atom. The molecule has 7 heteroatoms. The predicted molar refractivity (Wildman–Crippen MR) is 167 cm³/mol. The van der Waals surface area contributed by atoms with Crippen molar-refractivity contribution in [3.05, 3.63) is 95.1 Å². The molecule has 5 aromatic rings. The maximum absolute atomic E-state index is 13.5. The van der Waals surface area contributed by atoms with Crippen molar-refractivity contribution in [2.24, 2.45) is 0 Å². The Bertz CT molecular complexity index is 1690. The fraction of sp³-hybridized carbons (Fsp3) is 0.324. The van der Waals surface area contributed by atoms with Gasteiger partial charge in [0, 0.05) is 55.5 Å². The zero-order valence-corrected chi connectivity index (χ0v) is 25.4. The van der Waals surface area contributed by atoms with Crippen LogP contribution < -0.4 is 4.74 Å². The smallest absolute Gasteiger partial charge is 0.315 e. The Balaban J connectivity index is 1.58. The van der Waals surface area contributed by atoms with E-state index in [9.17, 15) is 4.79 Å². The van der Waals surface area contributed by atoms with Crippen molar-refractivity contribution in [2.75, 3.05) is 6.61 Å². The van der Waals surface area contributed by atoms with Crippen LogP contribution in [0.3, 0.4) is 0 Å². The van der Waals surface area contributed by atoms with Crippen molar-refractivity contribution < 1.29 is 14.3 Å². The highest BCUT2D eigenvalue weighted by molar-refractivity contribution is 8.00. The van der Waals surface area contributed by atoms with E-state index in [-0.39, 0.29) is 10.7 Å². The summed E-state index contributed by atoms with van der Waals surface area (Å²) in [5, 5.41) is 2.14. The fourth-order valence-electron chi connectivity index (χ4n) is 4.95. The average molecular weight is 568 g/mol. The third kappa shape index (κ3) is 6.57. The van der Waals surface area contributed by atoms with E-state index in [2.05, 4.69) is 43.7 Å². The van der Waals surface area contributed by atoms with Crippen molar-refractivity contribution in [3.8, 4) is 5.75 Å². The Morgan fingerprint density at radius 1 is 1.00 bits per heavy atom. The van der Waals surface area contributed by atoms with E-state index in [0.717, 1.165) is 60.7 Å². The first-order chi connectivity index (χ1) is 19.6. The maximum Gasteiger partial charge on any atom is 0.315 e. The van der Waals surface area contributed by atoms with E-state index in [1.54, 1.807) is 11.8 Å². The van der Waals surface area contributed by atoms with Crippen molar-refractivity contribution in [1.82, 2.24) is 15.0 Å². The minimum atomic E-state index is -0.540. The SMILES string of the molecule is CCOC(=O)C(Cc1ccc2ccccc2n1)c1[nH]c2ccc(OCc3ccc(C)cn3)c(C)c2c1SC(C)(C)C. The molecule has 1 atom stereocenters. The van der Waals surface area contributed by atoms with Gasteiger partial charge in [-0.15, -0.1) is 11.8 Å². The fourth-order valence-corrected chi connectivity index (χ4v) is 6.23. The molecule has 0 aliphatic heterocycles.